The lowest BCUT2D eigenvalue weighted by Gasteiger charge is -2.17. The van der Waals surface area contributed by atoms with Gasteiger partial charge in [-0.25, -0.2) is 0 Å². The van der Waals surface area contributed by atoms with E-state index in [2.05, 4.69) is 0 Å². The number of fused-ring (bicyclic) bond motifs is 1. The first-order valence-corrected chi connectivity index (χ1v) is 7.50. The second-order valence-electron chi connectivity index (χ2n) is 5.83. The van der Waals surface area contributed by atoms with Gasteiger partial charge >= 0.3 is 5.97 Å². The van der Waals surface area contributed by atoms with Crippen LogP contribution in [-0.2, 0) is 22.6 Å². The second kappa shape index (κ2) is 5.48. The quantitative estimate of drug-likeness (QED) is 0.921. The third kappa shape index (κ3) is 2.47. The molecule has 1 aromatic carbocycles. The summed E-state index contributed by atoms with van der Waals surface area (Å²) in [5.74, 6) is -0.978. The zero-order valence-electron chi connectivity index (χ0n) is 12.7. The summed E-state index contributed by atoms with van der Waals surface area (Å²) in [6, 6.07) is 7.78. The van der Waals surface area contributed by atoms with Crippen LogP contribution in [-0.4, -0.2) is 28.9 Å². The third-order valence-corrected chi connectivity index (χ3v) is 4.30. The normalized spacial score (nSPS) is 20.1. The average Bonchev–Trinajstić information content (AvgIpc) is 3.24. The van der Waals surface area contributed by atoms with Crippen molar-refractivity contribution in [3.8, 4) is 0 Å². The Bertz CT molecular complexity index is 733. The van der Waals surface area contributed by atoms with Crippen molar-refractivity contribution in [2.24, 2.45) is 11.8 Å². The number of para-hydroxylation sites is 1. The van der Waals surface area contributed by atoms with E-state index in [1.807, 2.05) is 31.2 Å². The third-order valence-electron chi connectivity index (χ3n) is 4.30. The number of rotatable bonds is 5. The number of benzene rings is 1. The van der Waals surface area contributed by atoms with E-state index in [9.17, 15) is 9.59 Å². The molecule has 0 aliphatic heterocycles. The smallest absolute Gasteiger partial charge is 0.307 e. The summed E-state index contributed by atoms with van der Waals surface area (Å²) >= 11 is 0. The minimum absolute atomic E-state index is 0.0975. The molecule has 1 N–H and O–H groups in total. The highest BCUT2D eigenvalue weighted by Crippen LogP contribution is 2.40. The van der Waals surface area contributed by atoms with Crippen LogP contribution in [0.25, 0.3) is 11.0 Å². The van der Waals surface area contributed by atoms with Gasteiger partial charge in [0.05, 0.1) is 11.8 Å². The minimum atomic E-state index is -0.880. The van der Waals surface area contributed by atoms with E-state index in [-0.39, 0.29) is 11.8 Å². The van der Waals surface area contributed by atoms with E-state index >= 15 is 0 Å². The lowest BCUT2D eigenvalue weighted by molar-refractivity contribution is -0.141. The maximum absolute atomic E-state index is 12.3. The number of carboxylic acids is 1. The predicted octanol–water partition coefficient (Wildman–Crippen LogP) is 2.67. The molecule has 0 bridgehead atoms. The molecule has 0 saturated heterocycles. The SMILES string of the molecule is CCc1oc2ccccc2c1CN(C)C(=O)C1CC1C(=O)O. The second-order valence-corrected chi connectivity index (χ2v) is 5.83. The molecule has 1 fully saturated rings. The molecule has 1 saturated carbocycles. The number of amides is 1. The summed E-state index contributed by atoms with van der Waals surface area (Å²) in [7, 11) is 1.72. The van der Waals surface area contributed by atoms with E-state index in [4.69, 9.17) is 9.52 Å². The van der Waals surface area contributed by atoms with Crippen molar-refractivity contribution in [3.05, 3.63) is 35.6 Å². The first-order chi connectivity index (χ1) is 10.5. The minimum Gasteiger partial charge on any atom is -0.481 e. The average molecular weight is 301 g/mol. The fourth-order valence-corrected chi connectivity index (χ4v) is 2.95. The molecular weight excluding hydrogens is 282 g/mol. The van der Waals surface area contributed by atoms with E-state index in [0.717, 1.165) is 28.7 Å². The summed E-state index contributed by atoms with van der Waals surface area (Å²) in [6.45, 7) is 2.46. The van der Waals surface area contributed by atoms with Crippen molar-refractivity contribution in [2.45, 2.75) is 26.3 Å². The fraction of sp³-hybridized carbons (Fsp3) is 0.412. The van der Waals surface area contributed by atoms with Crippen LogP contribution >= 0.6 is 0 Å². The number of furan rings is 1. The summed E-state index contributed by atoms with van der Waals surface area (Å²) in [5, 5.41) is 9.97. The summed E-state index contributed by atoms with van der Waals surface area (Å²) in [4.78, 5) is 24.8. The van der Waals surface area contributed by atoms with Crippen molar-refractivity contribution in [1.82, 2.24) is 4.90 Å². The van der Waals surface area contributed by atoms with Gasteiger partial charge in [-0.3, -0.25) is 9.59 Å². The van der Waals surface area contributed by atoms with Gasteiger partial charge in [-0.2, -0.15) is 0 Å². The number of hydrogen-bond donors (Lipinski definition) is 1. The molecule has 1 amide bonds. The van der Waals surface area contributed by atoms with Gasteiger partial charge in [-0.1, -0.05) is 25.1 Å². The van der Waals surface area contributed by atoms with Gasteiger partial charge in [0.1, 0.15) is 11.3 Å². The lowest BCUT2D eigenvalue weighted by atomic mass is 10.1. The van der Waals surface area contributed by atoms with Crippen LogP contribution in [0.5, 0.6) is 0 Å². The highest BCUT2D eigenvalue weighted by atomic mass is 16.4. The number of nitrogens with zero attached hydrogens (tertiary/aromatic N) is 1. The van der Waals surface area contributed by atoms with Gasteiger partial charge < -0.3 is 14.4 Å². The van der Waals surface area contributed by atoms with Crippen LogP contribution in [0.4, 0.5) is 0 Å². The molecule has 1 aliphatic carbocycles. The van der Waals surface area contributed by atoms with Crippen LogP contribution in [0.3, 0.4) is 0 Å². The van der Waals surface area contributed by atoms with Crippen molar-refractivity contribution >= 4 is 22.8 Å². The van der Waals surface area contributed by atoms with Gasteiger partial charge in [-0.05, 0) is 12.5 Å². The largest absolute Gasteiger partial charge is 0.481 e. The monoisotopic (exact) mass is 301 g/mol. The molecule has 1 heterocycles. The molecule has 2 aromatic rings. The highest BCUT2D eigenvalue weighted by molar-refractivity contribution is 5.90. The highest BCUT2D eigenvalue weighted by Gasteiger charge is 2.49. The summed E-state index contributed by atoms with van der Waals surface area (Å²) in [5.41, 5.74) is 1.84. The predicted molar refractivity (Wildman–Crippen MR) is 81.3 cm³/mol. The van der Waals surface area contributed by atoms with E-state index < -0.39 is 11.9 Å². The molecule has 0 spiro atoms. The van der Waals surface area contributed by atoms with E-state index in [1.165, 1.54) is 0 Å². The zero-order chi connectivity index (χ0) is 15.9. The molecule has 3 rings (SSSR count). The van der Waals surface area contributed by atoms with Crippen LogP contribution in [0, 0.1) is 11.8 Å². The standard InChI is InChI=1S/C17H19NO4/c1-3-14-13(10-6-4-5-7-15(10)22-14)9-18(2)16(19)11-8-12(11)17(20)21/h4-7,11-12H,3,8-9H2,1-2H3,(H,20,21). The fourth-order valence-electron chi connectivity index (χ4n) is 2.95. The van der Waals surface area contributed by atoms with Gasteiger partial charge in [0.25, 0.3) is 0 Å². The number of carbonyl (C=O) groups excluding carboxylic acids is 1. The number of aliphatic carboxylic acids is 1. The van der Waals surface area contributed by atoms with Crippen LogP contribution < -0.4 is 0 Å². The molecule has 22 heavy (non-hydrogen) atoms. The first-order valence-electron chi connectivity index (χ1n) is 7.50. The Balaban J connectivity index is 1.81. The van der Waals surface area contributed by atoms with Crippen molar-refractivity contribution in [2.75, 3.05) is 7.05 Å². The van der Waals surface area contributed by atoms with Crippen molar-refractivity contribution in [1.29, 1.82) is 0 Å². The van der Waals surface area contributed by atoms with Crippen molar-refractivity contribution in [3.63, 3.8) is 0 Å². The Morgan fingerprint density at radius 1 is 1.32 bits per heavy atom. The number of carbonyl (C=O) groups is 2. The maximum Gasteiger partial charge on any atom is 0.307 e. The Kier molecular flexibility index (Phi) is 3.64. The number of aryl methyl sites for hydroxylation is 1. The van der Waals surface area contributed by atoms with Crippen LogP contribution in [0.1, 0.15) is 24.7 Å². The molecule has 2 atom stereocenters. The van der Waals surface area contributed by atoms with Crippen molar-refractivity contribution < 1.29 is 19.1 Å². The number of hydrogen-bond acceptors (Lipinski definition) is 3. The van der Waals surface area contributed by atoms with Gasteiger partial charge in [-0.15, -0.1) is 0 Å². The van der Waals surface area contributed by atoms with E-state index in [0.29, 0.717) is 13.0 Å². The molecule has 2 unspecified atom stereocenters. The Morgan fingerprint density at radius 3 is 2.68 bits per heavy atom. The molecule has 1 aliphatic rings. The van der Waals surface area contributed by atoms with Gasteiger partial charge in [0, 0.05) is 31.0 Å². The Hall–Kier alpha value is -2.30. The zero-order valence-corrected chi connectivity index (χ0v) is 12.7. The topological polar surface area (TPSA) is 70.8 Å². The molecular formula is C17H19NO4. The van der Waals surface area contributed by atoms with Crippen LogP contribution in [0.2, 0.25) is 0 Å². The molecule has 1 aromatic heterocycles. The molecule has 5 nitrogen and oxygen atoms in total. The van der Waals surface area contributed by atoms with E-state index in [1.54, 1.807) is 11.9 Å². The first kappa shape index (κ1) is 14.6. The molecule has 0 radical (unpaired) electrons. The maximum atomic E-state index is 12.3. The van der Waals surface area contributed by atoms with Gasteiger partial charge in [0.2, 0.25) is 5.91 Å². The lowest BCUT2D eigenvalue weighted by Crippen LogP contribution is -2.29. The van der Waals surface area contributed by atoms with Gasteiger partial charge in [0.15, 0.2) is 0 Å². The molecule has 5 heteroatoms. The Morgan fingerprint density at radius 2 is 2.05 bits per heavy atom. The molecule has 116 valence electrons. The summed E-state index contributed by atoms with van der Waals surface area (Å²) in [6.07, 6.45) is 1.21. The van der Waals surface area contributed by atoms with Crippen LogP contribution in [0.15, 0.2) is 28.7 Å². The number of carboxylic acid groups (broad SMARTS) is 1. The summed E-state index contributed by atoms with van der Waals surface area (Å²) < 4.78 is 5.83. The Labute approximate surface area is 128 Å².